The van der Waals surface area contributed by atoms with Gasteiger partial charge in [0.05, 0.1) is 52.6 Å². The summed E-state index contributed by atoms with van der Waals surface area (Å²) in [4.78, 5) is 11.3. The number of ether oxygens (including phenoxy) is 2. The van der Waals surface area contributed by atoms with Crippen molar-refractivity contribution in [2.45, 2.75) is 152 Å². The minimum atomic E-state index is -0.292. The molecule has 2 fully saturated rings. The highest BCUT2D eigenvalue weighted by Gasteiger charge is 2.35. The number of methoxy groups -OCH3 is 2. The molecule has 2 rings (SSSR count). The molecule has 40 heavy (non-hydrogen) atoms. The van der Waals surface area contributed by atoms with E-state index in [9.17, 15) is 4.79 Å². The molecule has 0 aromatic rings. The monoisotopic (exact) mass is 559 g/mol. The third-order valence-electron chi connectivity index (χ3n) is 7.81. The molecule has 0 radical (unpaired) electrons. The van der Waals surface area contributed by atoms with E-state index in [0.717, 1.165) is 38.5 Å². The van der Waals surface area contributed by atoms with E-state index in [1.165, 1.54) is 45.6 Å². The molecule has 6 heteroatoms. The SMILES string of the molecule is CC(C)CC(C)(C)C#N.CC1(C#N)CCCCC1.COC(=O)C1(C)CCCCC1.COC(C)(C)CC(C)(C)C#N. The fourth-order valence-electron chi connectivity index (χ4n) is 5.47. The lowest BCUT2D eigenvalue weighted by Gasteiger charge is -2.30. The maximum Gasteiger partial charge on any atom is 0.311 e. The number of carbonyl (C=O) groups excluding carboxylic acids is 1. The lowest BCUT2D eigenvalue weighted by atomic mass is 9.76. The van der Waals surface area contributed by atoms with Crippen LogP contribution in [0.1, 0.15) is 146 Å². The van der Waals surface area contributed by atoms with Crippen molar-refractivity contribution in [1.29, 1.82) is 15.8 Å². The molecule has 0 aromatic heterocycles. The molecule has 0 unspecified atom stereocenters. The van der Waals surface area contributed by atoms with Crippen LogP contribution in [0.5, 0.6) is 0 Å². The number of nitriles is 3. The Hall–Kier alpha value is -2.10. The highest BCUT2D eigenvalue weighted by Crippen LogP contribution is 2.36. The minimum absolute atomic E-state index is 0.0260. The van der Waals surface area contributed by atoms with Gasteiger partial charge in [-0.2, -0.15) is 15.8 Å². The average molecular weight is 560 g/mol. The van der Waals surface area contributed by atoms with Crippen molar-refractivity contribution in [2.75, 3.05) is 14.2 Å². The number of nitrogens with zero attached hydrogens (tertiary/aromatic N) is 3. The van der Waals surface area contributed by atoms with Crippen LogP contribution in [0.15, 0.2) is 0 Å². The van der Waals surface area contributed by atoms with Gasteiger partial charge in [-0.05, 0) is 99.8 Å². The second-order valence-corrected chi connectivity index (χ2v) is 14.6. The molecule has 2 saturated carbocycles. The van der Waals surface area contributed by atoms with Gasteiger partial charge in [0.15, 0.2) is 0 Å². The Morgan fingerprint density at radius 1 is 0.775 bits per heavy atom. The number of carbonyl (C=O) groups is 1. The number of hydrogen-bond acceptors (Lipinski definition) is 6. The van der Waals surface area contributed by atoms with Gasteiger partial charge in [-0.3, -0.25) is 4.79 Å². The molecular weight excluding hydrogens is 498 g/mol. The summed E-state index contributed by atoms with van der Waals surface area (Å²) in [6, 6.07) is 6.90. The zero-order valence-electron chi connectivity index (χ0n) is 28.1. The van der Waals surface area contributed by atoms with Gasteiger partial charge in [-0.1, -0.05) is 52.4 Å². The Bertz CT molecular complexity index is 841. The summed E-state index contributed by atoms with van der Waals surface area (Å²) >= 11 is 0. The van der Waals surface area contributed by atoms with Crippen LogP contribution >= 0.6 is 0 Å². The Balaban J connectivity index is 0. The Labute approximate surface area is 247 Å². The fourth-order valence-corrected chi connectivity index (χ4v) is 5.47. The minimum Gasteiger partial charge on any atom is -0.469 e. The van der Waals surface area contributed by atoms with Crippen molar-refractivity contribution >= 4 is 5.97 Å². The van der Waals surface area contributed by atoms with Crippen LogP contribution < -0.4 is 0 Å². The first-order valence-corrected chi connectivity index (χ1v) is 15.1. The van der Waals surface area contributed by atoms with E-state index in [4.69, 9.17) is 25.3 Å². The summed E-state index contributed by atoms with van der Waals surface area (Å²) in [5.74, 6) is 0.594. The molecule has 0 amide bonds. The summed E-state index contributed by atoms with van der Waals surface area (Å²) < 4.78 is 9.98. The van der Waals surface area contributed by atoms with Crippen LogP contribution in [0.25, 0.3) is 0 Å². The number of hydrogen-bond donors (Lipinski definition) is 0. The molecule has 0 heterocycles. The highest BCUT2D eigenvalue weighted by atomic mass is 16.5. The van der Waals surface area contributed by atoms with E-state index in [1.54, 1.807) is 7.11 Å². The molecular formula is C34H61N3O3. The second-order valence-electron chi connectivity index (χ2n) is 14.6. The normalized spacial score (nSPS) is 17.9. The first kappa shape index (κ1) is 40.0. The molecule has 0 atom stereocenters. The van der Waals surface area contributed by atoms with E-state index in [-0.39, 0.29) is 33.2 Å². The smallest absolute Gasteiger partial charge is 0.311 e. The summed E-state index contributed by atoms with van der Waals surface area (Å²) in [5, 5.41) is 26.0. The Morgan fingerprint density at radius 3 is 1.48 bits per heavy atom. The Kier molecular flexibility index (Phi) is 18.4. The zero-order valence-corrected chi connectivity index (χ0v) is 28.1. The molecule has 2 aliphatic carbocycles. The molecule has 0 aliphatic heterocycles. The van der Waals surface area contributed by atoms with Crippen molar-refractivity contribution in [3.63, 3.8) is 0 Å². The van der Waals surface area contributed by atoms with Crippen LogP contribution in [0.4, 0.5) is 0 Å². The maximum atomic E-state index is 11.3. The average Bonchev–Trinajstić information content (AvgIpc) is 2.89. The molecule has 2 aliphatic rings. The van der Waals surface area contributed by atoms with Crippen LogP contribution in [0, 0.1) is 61.6 Å². The van der Waals surface area contributed by atoms with E-state index in [2.05, 4.69) is 39.0 Å². The maximum absolute atomic E-state index is 11.3. The molecule has 0 bridgehead atoms. The van der Waals surface area contributed by atoms with E-state index in [1.807, 2.05) is 48.5 Å². The third kappa shape index (κ3) is 18.3. The first-order chi connectivity index (χ1) is 18.3. The third-order valence-corrected chi connectivity index (χ3v) is 7.81. The van der Waals surface area contributed by atoms with Crippen LogP contribution in [0.3, 0.4) is 0 Å². The van der Waals surface area contributed by atoms with Gasteiger partial charge < -0.3 is 9.47 Å². The molecule has 6 nitrogen and oxygen atoms in total. The summed E-state index contributed by atoms with van der Waals surface area (Å²) in [7, 11) is 3.15. The van der Waals surface area contributed by atoms with Gasteiger partial charge in [-0.25, -0.2) is 0 Å². The molecule has 0 aromatic carbocycles. The quantitative estimate of drug-likeness (QED) is 0.300. The van der Waals surface area contributed by atoms with Gasteiger partial charge in [-0.15, -0.1) is 0 Å². The van der Waals surface area contributed by atoms with Crippen LogP contribution in [-0.2, 0) is 14.3 Å². The summed E-state index contributed by atoms with van der Waals surface area (Å²) in [6.45, 7) is 20.2. The van der Waals surface area contributed by atoms with Crippen LogP contribution in [0.2, 0.25) is 0 Å². The topological polar surface area (TPSA) is 107 Å². The van der Waals surface area contributed by atoms with Gasteiger partial charge in [0.2, 0.25) is 0 Å². The molecule has 0 saturated heterocycles. The van der Waals surface area contributed by atoms with Crippen molar-refractivity contribution in [3.8, 4) is 18.2 Å². The van der Waals surface area contributed by atoms with Gasteiger partial charge in [0, 0.05) is 7.11 Å². The predicted octanol–water partition coefficient (Wildman–Crippen LogP) is 9.54. The second kappa shape index (κ2) is 18.4. The number of rotatable bonds is 6. The van der Waals surface area contributed by atoms with Gasteiger partial charge >= 0.3 is 5.97 Å². The van der Waals surface area contributed by atoms with E-state index >= 15 is 0 Å². The molecule has 0 spiro atoms. The van der Waals surface area contributed by atoms with Gasteiger partial charge in [0.1, 0.15) is 0 Å². The first-order valence-electron chi connectivity index (χ1n) is 15.1. The van der Waals surface area contributed by atoms with Crippen molar-refractivity contribution in [2.24, 2.45) is 27.6 Å². The van der Waals surface area contributed by atoms with Gasteiger partial charge in [0.25, 0.3) is 0 Å². The lowest BCUT2D eigenvalue weighted by molar-refractivity contribution is -0.153. The fraction of sp³-hybridized carbons (Fsp3) is 0.882. The van der Waals surface area contributed by atoms with Crippen LogP contribution in [-0.4, -0.2) is 25.8 Å². The largest absolute Gasteiger partial charge is 0.469 e. The molecule has 230 valence electrons. The highest BCUT2D eigenvalue weighted by molar-refractivity contribution is 5.76. The predicted molar refractivity (Wildman–Crippen MR) is 164 cm³/mol. The van der Waals surface area contributed by atoms with E-state index in [0.29, 0.717) is 5.92 Å². The lowest BCUT2D eigenvalue weighted by Crippen LogP contribution is -2.31. The van der Waals surface area contributed by atoms with Crippen molar-refractivity contribution in [1.82, 2.24) is 0 Å². The van der Waals surface area contributed by atoms with Crippen molar-refractivity contribution in [3.05, 3.63) is 0 Å². The molecule has 0 N–H and O–H groups in total. The standard InChI is InChI=1S/C9H17NO.C9H16O2.C8H13N.C8H15N/c1-8(2,7-10)6-9(3,4)11-5;1-9(8(10)11-2)6-4-3-5-7-9;1-8(7-9)5-3-2-4-6-8;1-7(2)5-8(3,4)6-9/h6H2,1-5H3;3-7H2,1-2H3;2-6H2,1H3;7H,5H2,1-4H3. The van der Waals surface area contributed by atoms with E-state index < -0.39 is 0 Å². The number of esters is 1. The zero-order chi connectivity index (χ0) is 31.7. The summed E-state index contributed by atoms with van der Waals surface area (Å²) in [5.41, 5.74) is -0.766. The summed E-state index contributed by atoms with van der Waals surface area (Å²) in [6.07, 6.45) is 13.4. The van der Waals surface area contributed by atoms with Crippen molar-refractivity contribution < 1.29 is 14.3 Å². The Morgan fingerprint density at radius 2 is 1.20 bits per heavy atom.